The number of H-pyrrole nitrogens is 2. The van der Waals surface area contributed by atoms with Gasteiger partial charge in [-0.25, -0.2) is 9.97 Å². The fourth-order valence-corrected chi connectivity index (χ4v) is 6.45. The van der Waals surface area contributed by atoms with E-state index in [0.717, 1.165) is 11.1 Å². The van der Waals surface area contributed by atoms with Crippen molar-refractivity contribution in [2.24, 2.45) is 0 Å². The molecule has 5 aromatic rings. The van der Waals surface area contributed by atoms with Crippen molar-refractivity contribution in [1.82, 2.24) is 40.4 Å². The number of imidazole rings is 2. The van der Waals surface area contributed by atoms with E-state index in [4.69, 9.17) is 10.2 Å². The Kier molecular flexibility index (Phi) is 16.2. The van der Waals surface area contributed by atoms with Crippen LogP contribution in [0.3, 0.4) is 0 Å². The second-order valence-corrected chi connectivity index (χ2v) is 14.8. The number of nitrogens with zero attached hydrogens (tertiary/aromatic N) is 4. The minimum atomic E-state index is -1.72. The molecule has 0 aliphatic heterocycles. The molecule has 20 heteroatoms. The summed E-state index contributed by atoms with van der Waals surface area (Å²) in [5.74, 6) is 0.513. The fraction of sp³-hybridized carbons (Fsp3) is 0.450. The minimum Gasteiger partial charge on any atom is -0.394 e. The number of carbonyl (C=O) groups is 2. The van der Waals surface area contributed by atoms with Crippen molar-refractivity contribution < 1.29 is 60.7 Å². The molecule has 2 amide bonds. The van der Waals surface area contributed by atoms with Gasteiger partial charge < -0.3 is 81.5 Å². The van der Waals surface area contributed by atoms with Gasteiger partial charge in [0.25, 0.3) is 11.8 Å². The van der Waals surface area contributed by atoms with E-state index in [1.54, 1.807) is 60.3 Å². The van der Waals surface area contributed by atoms with Crippen LogP contribution >= 0.6 is 0 Å². The van der Waals surface area contributed by atoms with Crippen LogP contribution in [0.2, 0.25) is 0 Å². The highest BCUT2D eigenvalue weighted by Gasteiger charge is 2.31. The van der Waals surface area contributed by atoms with Crippen LogP contribution in [-0.2, 0) is 0 Å². The van der Waals surface area contributed by atoms with E-state index in [2.05, 4.69) is 30.6 Å². The van der Waals surface area contributed by atoms with E-state index in [1.807, 2.05) is 24.3 Å². The smallest absolute Gasteiger partial charge is 0.251 e. The first kappa shape index (κ1) is 46.1. The maximum atomic E-state index is 12.9. The van der Waals surface area contributed by atoms with E-state index >= 15 is 0 Å². The van der Waals surface area contributed by atoms with Crippen LogP contribution in [0.5, 0.6) is 0 Å². The second kappa shape index (κ2) is 21.0. The molecule has 0 aliphatic rings. The normalized spacial score (nSPS) is 16.1. The van der Waals surface area contributed by atoms with Crippen LogP contribution in [0.25, 0.3) is 44.8 Å². The number of aliphatic hydroxyl groups excluding tert-OH is 10. The average Bonchev–Trinajstić information content (AvgIpc) is 3.88. The van der Waals surface area contributed by atoms with Crippen LogP contribution < -0.4 is 10.6 Å². The van der Waals surface area contributed by atoms with Gasteiger partial charge in [-0.1, -0.05) is 24.3 Å². The van der Waals surface area contributed by atoms with Crippen molar-refractivity contribution in [3.05, 3.63) is 71.8 Å². The summed E-state index contributed by atoms with van der Waals surface area (Å²) < 4.78 is 0. The number of hydrogen-bond acceptors (Lipinski definition) is 16. The van der Waals surface area contributed by atoms with E-state index < -0.39 is 62.0 Å². The van der Waals surface area contributed by atoms with Crippen molar-refractivity contribution in [2.75, 3.05) is 66.6 Å². The van der Waals surface area contributed by atoms with Gasteiger partial charge in [0, 0.05) is 61.5 Å². The average molecular weight is 839 g/mol. The van der Waals surface area contributed by atoms with Crippen LogP contribution in [0, 0.1) is 0 Å². The zero-order valence-corrected chi connectivity index (χ0v) is 33.1. The Bertz CT molecular complexity index is 2020. The summed E-state index contributed by atoms with van der Waals surface area (Å²) in [7, 11) is 3.31. The molecule has 0 saturated carbocycles. The van der Waals surface area contributed by atoms with Gasteiger partial charge in [0.05, 0.1) is 47.5 Å². The number of hydrogen-bond donors (Lipinski definition) is 14. The fourth-order valence-electron chi connectivity index (χ4n) is 6.45. The van der Waals surface area contributed by atoms with Crippen LogP contribution in [0.15, 0.2) is 60.7 Å². The molecular weight excluding hydrogens is 784 g/mol. The van der Waals surface area contributed by atoms with Gasteiger partial charge in [-0.2, -0.15) is 0 Å². The number of likely N-dealkylation sites (N-methyl/N-ethyl adjacent to an activating group) is 2. The highest BCUT2D eigenvalue weighted by atomic mass is 16.4. The van der Waals surface area contributed by atoms with Gasteiger partial charge in [0.1, 0.15) is 48.3 Å². The molecule has 0 aliphatic carbocycles. The largest absolute Gasteiger partial charge is 0.394 e. The van der Waals surface area contributed by atoms with Crippen LogP contribution in [0.1, 0.15) is 20.7 Å². The lowest BCUT2D eigenvalue weighted by atomic mass is 10.0. The van der Waals surface area contributed by atoms with Gasteiger partial charge in [-0.05, 0) is 50.5 Å². The summed E-state index contributed by atoms with van der Waals surface area (Å²) in [4.78, 5) is 45.0. The highest BCUT2D eigenvalue weighted by Crippen LogP contribution is 2.26. The van der Waals surface area contributed by atoms with Gasteiger partial charge in [0.2, 0.25) is 0 Å². The van der Waals surface area contributed by atoms with E-state index in [-0.39, 0.29) is 38.0 Å². The summed E-state index contributed by atoms with van der Waals surface area (Å²) in [6, 6.07) is 17.7. The second-order valence-electron chi connectivity index (χ2n) is 14.8. The maximum absolute atomic E-state index is 12.9. The topological polar surface area (TPSA) is 324 Å². The lowest BCUT2D eigenvalue weighted by Crippen LogP contribution is -2.49. The summed E-state index contributed by atoms with van der Waals surface area (Å²) in [6.45, 7) is -0.595. The first-order valence-corrected chi connectivity index (χ1v) is 19.3. The van der Waals surface area contributed by atoms with Crippen molar-refractivity contribution in [3.8, 4) is 22.8 Å². The number of aromatic nitrogens is 4. The lowest BCUT2D eigenvalue weighted by molar-refractivity contribution is -0.118. The molecule has 2 aromatic heterocycles. The number of rotatable bonds is 22. The van der Waals surface area contributed by atoms with Crippen molar-refractivity contribution in [2.45, 2.75) is 48.8 Å². The molecule has 2 heterocycles. The lowest BCUT2D eigenvalue weighted by Gasteiger charge is -2.28. The Balaban J connectivity index is 1.12. The van der Waals surface area contributed by atoms with Crippen LogP contribution in [0.4, 0.5) is 0 Å². The first-order chi connectivity index (χ1) is 28.6. The van der Waals surface area contributed by atoms with E-state index in [1.165, 1.54) is 0 Å². The predicted octanol–water partition coefficient (Wildman–Crippen LogP) is -3.03. The summed E-state index contributed by atoms with van der Waals surface area (Å²) >= 11 is 0. The number of nitrogens with one attached hydrogen (secondary N) is 4. The van der Waals surface area contributed by atoms with Crippen molar-refractivity contribution in [3.63, 3.8) is 0 Å². The third kappa shape index (κ3) is 11.7. The zero-order valence-electron chi connectivity index (χ0n) is 33.1. The Hall–Kier alpha value is -4.94. The first-order valence-electron chi connectivity index (χ1n) is 19.3. The Morgan fingerprint density at radius 3 is 1.27 bits per heavy atom. The van der Waals surface area contributed by atoms with Crippen molar-refractivity contribution in [1.29, 1.82) is 0 Å². The number of amides is 2. The number of aromatic amines is 2. The Morgan fingerprint density at radius 1 is 0.567 bits per heavy atom. The molecule has 0 unspecified atom stereocenters. The molecule has 20 nitrogen and oxygen atoms in total. The summed E-state index contributed by atoms with van der Waals surface area (Å²) in [6.07, 6.45) is -12.8. The van der Waals surface area contributed by atoms with Gasteiger partial charge in [-0.15, -0.1) is 0 Å². The van der Waals surface area contributed by atoms with E-state index in [9.17, 15) is 50.4 Å². The van der Waals surface area contributed by atoms with Gasteiger partial charge >= 0.3 is 0 Å². The SMILES string of the molecule is CN(CCNC(=O)c1ccc2nc(-c3ccc(-c4nc5ccc(C(=O)NCCN(C)C[C@H](O)[C@@H](O)[C@H](O)[C@H](O)CO)cc5[nH]4)cc3)[nH]c2c1)C[C@H](O)[C@@H](O)[C@H](O)[C@H](O)CO. The third-order valence-electron chi connectivity index (χ3n) is 10.1. The molecule has 14 N–H and O–H groups in total. The number of aliphatic hydroxyl groups is 10. The molecule has 326 valence electrons. The van der Waals surface area contributed by atoms with E-state index in [0.29, 0.717) is 57.9 Å². The summed E-state index contributed by atoms with van der Waals surface area (Å²) in [5, 5.41) is 103. The molecule has 60 heavy (non-hydrogen) atoms. The molecule has 0 spiro atoms. The monoisotopic (exact) mass is 838 g/mol. The molecular formula is C40H54N8O12. The minimum absolute atomic E-state index is 0.0583. The number of carbonyl (C=O) groups excluding carboxylic acids is 2. The number of benzene rings is 3. The maximum Gasteiger partial charge on any atom is 0.251 e. The molecule has 0 bridgehead atoms. The molecule has 8 atom stereocenters. The molecule has 0 saturated heterocycles. The molecule has 5 rings (SSSR count). The highest BCUT2D eigenvalue weighted by molar-refractivity contribution is 5.98. The standard InChI is InChI=1S/C40H54N8O12/c1-47(17-29(51)33(55)35(57)31(53)19-49)13-11-41-39(59)23-7-9-25-27(15-23)45-37(43-25)21-3-5-22(6-4-21)38-44-26-10-8-24(16-28(26)46-38)40(60)42-12-14-48(2)18-30(52)34(56)36(58)32(54)20-50/h3-10,15-16,29-36,49-58H,11-14,17-20H2,1-2H3,(H,41,59)(H,42,60)(H,43,45)(H,44,46)/t29-,30-,31+,32+,33+,34+,35+,36+/m0/s1. The third-order valence-corrected chi connectivity index (χ3v) is 10.1. The predicted molar refractivity (Wildman–Crippen MR) is 219 cm³/mol. The van der Waals surface area contributed by atoms with Crippen LogP contribution in [-0.4, -0.2) is 208 Å². The van der Waals surface area contributed by atoms with Gasteiger partial charge in [-0.3, -0.25) is 9.59 Å². The Labute approximate surface area is 344 Å². The molecule has 0 fully saturated rings. The molecule has 3 aromatic carbocycles. The summed E-state index contributed by atoms with van der Waals surface area (Å²) in [5.41, 5.74) is 4.98. The quantitative estimate of drug-likeness (QED) is 0.0330. The number of fused-ring (bicyclic) bond motifs is 2. The zero-order chi connectivity index (χ0) is 43.7. The van der Waals surface area contributed by atoms with Gasteiger partial charge in [0.15, 0.2) is 0 Å². The Morgan fingerprint density at radius 2 is 0.917 bits per heavy atom. The van der Waals surface area contributed by atoms with Crippen molar-refractivity contribution >= 4 is 33.9 Å². The molecule has 0 radical (unpaired) electrons.